The molecule has 0 radical (unpaired) electrons. The van der Waals surface area contributed by atoms with Gasteiger partial charge in [-0.25, -0.2) is 9.97 Å². The van der Waals surface area contributed by atoms with E-state index in [1.54, 1.807) is 12.4 Å². The van der Waals surface area contributed by atoms with Crippen molar-refractivity contribution in [2.24, 2.45) is 0 Å². The second-order valence-electron chi connectivity index (χ2n) is 5.21. The fourth-order valence-electron chi connectivity index (χ4n) is 2.54. The number of aromatic nitrogens is 3. The number of terminal acetylenes is 1. The Morgan fingerprint density at radius 2 is 2.27 bits per heavy atom. The third-order valence-corrected chi connectivity index (χ3v) is 3.67. The molecule has 1 aliphatic rings. The van der Waals surface area contributed by atoms with Gasteiger partial charge in [-0.15, -0.1) is 6.42 Å². The molecule has 2 aromatic rings. The lowest BCUT2D eigenvalue weighted by Crippen LogP contribution is -2.35. The van der Waals surface area contributed by atoms with Gasteiger partial charge in [-0.05, 0) is 25.9 Å². The smallest absolute Gasteiger partial charge is 0.255 e. The summed E-state index contributed by atoms with van der Waals surface area (Å²) in [5.74, 6) is 2.81. The number of anilines is 1. The summed E-state index contributed by atoms with van der Waals surface area (Å²) in [4.78, 5) is 23.8. The molecule has 2 aromatic heterocycles. The van der Waals surface area contributed by atoms with Gasteiger partial charge in [-0.3, -0.25) is 4.79 Å². The molecule has 0 aromatic carbocycles. The van der Waals surface area contributed by atoms with Gasteiger partial charge in [-0.2, -0.15) is 0 Å². The van der Waals surface area contributed by atoms with Crippen LogP contribution in [0.4, 0.5) is 5.82 Å². The van der Waals surface area contributed by atoms with Gasteiger partial charge in [0.15, 0.2) is 5.65 Å². The zero-order valence-corrected chi connectivity index (χ0v) is 12.1. The molecule has 1 fully saturated rings. The second kappa shape index (κ2) is 6.45. The number of carbonyl (C=O) groups is 1. The highest BCUT2D eigenvalue weighted by Crippen LogP contribution is 2.18. The van der Waals surface area contributed by atoms with Crippen LogP contribution < -0.4 is 16.0 Å². The standard InChI is InChI=1S/C15H18N6O/c1-2-5-17-15(22)11-8-18-14-13(11)21-12(9-19-14)20-10-3-6-16-7-4-10/h1,8-10,16H,3-7H2,(H,17,22)(H,18,19)(H,20,21). The number of rotatable bonds is 4. The summed E-state index contributed by atoms with van der Waals surface area (Å²) >= 11 is 0. The van der Waals surface area contributed by atoms with Gasteiger partial charge in [0.2, 0.25) is 0 Å². The van der Waals surface area contributed by atoms with Crippen LogP contribution >= 0.6 is 0 Å². The van der Waals surface area contributed by atoms with Crippen molar-refractivity contribution in [3.05, 3.63) is 18.0 Å². The Balaban J connectivity index is 1.81. The summed E-state index contributed by atoms with van der Waals surface area (Å²) in [6.07, 6.45) is 10.5. The van der Waals surface area contributed by atoms with E-state index in [1.807, 2.05) is 0 Å². The number of H-pyrrole nitrogens is 1. The number of nitrogens with zero attached hydrogens (tertiary/aromatic N) is 2. The van der Waals surface area contributed by atoms with Crippen LogP contribution in [0.3, 0.4) is 0 Å². The van der Waals surface area contributed by atoms with Crippen LogP contribution in [-0.4, -0.2) is 46.5 Å². The van der Waals surface area contributed by atoms with Crippen molar-refractivity contribution < 1.29 is 4.79 Å². The molecule has 0 atom stereocenters. The molecule has 3 rings (SSSR count). The number of aromatic amines is 1. The molecule has 7 nitrogen and oxygen atoms in total. The number of amides is 1. The molecule has 22 heavy (non-hydrogen) atoms. The molecular formula is C15H18N6O. The second-order valence-corrected chi connectivity index (χ2v) is 5.21. The normalized spacial score (nSPS) is 15.4. The minimum atomic E-state index is -0.252. The summed E-state index contributed by atoms with van der Waals surface area (Å²) in [6.45, 7) is 2.18. The van der Waals surface area contributed by atoms with Crippen LogP contribution in [0.25, 0.3) is 11.2 Å². The Hall–Kier alpha value is -2.59. The molecule has 7 heteroatoms. The Morgan fingerprint density at radius 3 is 3.05 bits per heavy atom. The van der Waals surface area contributed by atoms with Crippen LogP contribution in [0.5, 0.6) is 0 Å². The van der Waals surface area contributed by atoms with Gasteiger partial charge in [0.05, 0.1) is 18.3 Å². The molecule has 1 amide bonds. The Labute approximate surface area is 128 Å². The van der Waals surface area contributed by atoms with Crippen molar-refractivity contribution in [1.29, 1.82) is 0 Å². The van der Waals surface area contributed by atoms with Crippen LogP contribution in [0.15, 0.2) is 12.4 Å². The minimum Gasteiger partial charge on any atom is -0.366 e. The van der Waals surface area contributed by atoms with E-state index in [0.717, 1.165) is 25.9 Å². The molecule has 0 aliphatic carbocycles. The first-order valence-electron chi connectivity index (χ1n) is 7.31. The highest BCUT2D eigenvalue weighted by atomic mass is 16.1. The van der Waals surface area contributed by atoms with E-state index < -0.39 is 0 Å². The van der Waals surface area contributed by atoms with E-state index >= 15 is 0 Å². The molecule has 4 N–H and O–H groups in total. The van der Waals surface area contributed by atoms with Gasteiger partial charge in [0, 0.05) is 12.2 Å². The third kappa shape index (κ3) is 3.02. The van der Waals surface area contributed by atoms with Gasteiger partial charge >= 0.3 is 0 Å². The molecular weight excluding hydrogens is 280 g/mol. The van der Waals surface area contributed by atoms with Crippen molar-refractivity contribution in [2.75, 3.05) is 25.0 Å². The zero-order valence-electron chi connectivity index (χ0n) is 12.1. The maximum Gasteiger partial charge on any atom is 0.255 e. The SMILES string of the molecule is C#CCNC(=O)c1c[nH]c2ncc(NC3CCNCC3)nc12. The average molecular weight is 298 g/mol. The lowest BCUT2D eigenvalue weighted by atomic mass is 10.1. The van der Waals surface area contributed by atoms with Gasteiger partial charge in [0.25, 0.3) is 5.91 Å². The molecule has 0 saturated carbocycles. The van der Waals surface area contributed by atoms with Crippen molar-refractivity contribution in [3.8, 4) is 12.3 Å². The summed E-state index contributed by atoms with van der Waals surface area (Å²) in [5, 5.41) is 9.34. The molecule has 1 aliphatic heterocycles. The Morgan fingerprint density at radius 1 is 1.45 bits per heavy atom. The molecule has 0 unspecified atom stereocenters. The van der Waals surface area contributed by atoms with Gasteiger partial charge in [0.1, 0.15) is 11.3 Å². The number of piperidine rings is 1. The van der Waals surface area contributed by atoms with E-state index in [0.29, 0.717) is 28.6 Å². The fraction of sp³-hybridized carbons (Fsp3) is 0.400. The molecule has 1 saturated heterocycles. The quantitative estimate of drug-likeness (QED) is 0.616. The first-order chi connectivity index (χ1) is 10.8. The van der Waals surface area contributed by atoms with E-state index in [1.165, 1.54) is 0 Å². The van der Waals surface area contributed by atoms with E-state index in [4.69, 9.17) is 6.42 Å². The maximum atomic E-state index is 12.1. The Kier molecular flexibility index (Phi) is 4.21. The predicted octanol–water partition coefficient (Wildman–Crippen LogP) is 0.485. The minimum absolute atomic E-state index is 0.186. The average Bonchev–Trinajstić information content (AvgIpc) is 2.97. The van der Waals surface area contributed by atoms with Crippen LogP contribution in [0.1, 0.15) is 23.2 Å². The van der Waals surface area contributed by atoms with Crippen LogP contribution in [0.2, 0.25) is 0 Å². The fourth-order valence-corrected chi connectivity index (χ4v) is 2.54. The lowest BCUT2D eigenvalue weighted by Gasteiger charge is -2.23. The number of hydrogen-bond acceptors (Lipinski definition) is 5. The van der Waals surface area contributed by atoms with Crippen molar-refractivity contribution in [1.82, 2.24) is 25.6 Å². The first-order valence-corrected chi connectivity index (χ1v) is 7.31. The number of hydrogen-bond donors (Lipinski definition) is 4. The summed E-state index contributed by atoms with van der Waals surface area (Å²) in [6, 6.07) is 0.380. The topological polar surface area (TPSA) is 94.7 Å². The van der Waals surface area contributed by atoms with Crippen molar-refractivity contribution in [3.63, 3.8) is 0 Å². The number of carbonyl (C=O) groups excluding carboxylic acids is 1. The van der Waals surface area contributed by atoms with Gasteiger partial charge in [-0.1, -0.05) is 5.92 Å². The molecule has 0 bridgehead atoms. The highest BCUT2D eigenvalue weighted by Gasteiger charge is 2.16. The van der Waals surface area contributed by atoms with Crippen LogP contribution in [0, 0.1) is 12.3 Å². The molecule has 3 heterocycles. The zero-order chi connectivity index (χ0) is 15.4. The number of nitrogens with one attached hydrogen (secondary N) is 4. The summed E-state index contributed by atoms with van der Waals surface area (Å²) in [7, 11) is 0. The first kappa shape index (κ1) is 14.4. The van der Waals surface area contributed by atoms with Crippen LogP contribution in [-0.2, 0) is 0 Å². The lowest BCUT2D eigenvalue weighted by molar-refractivity contribution is 0.0960. The molecule has 0 spiro atoms. The van der Waals surface area contributed by atoms with Crippen molar-refractivity contribution in [2.45, 2.75) is 18.9 Å². The summed E-state index contributed by atoms with van der Waals surface area (Å²) < 4.78 is 0. The summed E-state index contributed by atoms with van der Waals surface area (Å²) in [5.41, 5.74) is 1.59. The largest absolute Gasteiger partial charge is 0.366 e. The maximum absolute atomic E-state index is 12.1. The monoisotopic (exact) mass is 298 g/mol. The van der Waals surface area contributed by atoms with Crippen molar-refractivity contribution >= 4 is 22.9 Å². The molecule has 114 valence electrons. The Bertz CT molecular complexity index is 710. The third-order valence-electron chi connectivity index (χ3n) is 3.67. The van der Waals surface area contributed by atoms with E-state index in [-0.39, 0.29) is 12.5 Å². The van der Waals surface area contributed by atoms with E-state index in [2.05, 4.69) is 36.8 Å². The number of fused-ring (bicyclic) bond motifs is 1. The highest BCUT2D eigenvalue weighted by molar-refractivity contribution is 6.04. The predicted molar refractivity (Wildman–Crippen MR) is 84.6 cm³/mol. The van der Waals surface area contributed by atoms with E-state index in [9.17, 15) is 4.79 Å². The van der Waals surface area contributed by atoms with Gasteiger partial charge < -0.3 is 20.9 Å².